The SMILES string of the molecule is CCOc1cc(C=NNC(=O)c2cc(-c3ccc(Br)cc3)nc3ccccc23)ccc1O. The number of phenolic OH excluding ortho intramolecular Hbond substituents is 1. The van der Waals surface area contributed by atoms with Crippen molar-refractivity contribution >= 4 is 39.0 Å². The highest BCUT2D eigenvalue weighted by molar-refractivity contribution is 9.10. The monoisotopic (exact) mass is 489 g/mol. The highest BCUT2D eigenvalue weighted by atomic mass is 79.9. The second-order valence-corrected chi connectivity index (χ2v) is 7.85. The van der Waals surface area contributed by atoms with Gasteiger partial charge < -0.3 is 9.84 Å². The lowest BCUT2D eigenvalue weighted by molar-refractivity contribution is 0.0956. The van der Waals surface area contributed by atoms with Crippen molar-refractivity contribution in [2.45, 2.75) is 6.92 Å². The quantitative estimate of drug-likeness (QED) is 0.275. The number of aromatic hydroxyl groups is 1. The predicted octanol–water partition coefficient (Wildman–Crippen LogP) is 5.53. The smallest absolute Gasteiger partial charge is 0.272 e. The van der Waals surface area contributed by atoms with Crippen molar-refractivity contribution in [2.24, 2.45) is 5.10 Å². The molecule has 0 saturated heterocycles. The zero-order valence-corrected chi connectivity index (χ0v) is 18.8. The molecule has 0 atom stereocenters. The van der Waals surface area contributed by atoms with E-state index < -0.39 is 0 Å². The number of para-hydroxylation sites is 1. The molecule has 1 amide bonds. The summed E-state index contributed by atoms with van der Waals surface area (Å²) in [5.74, 6) is 0.0702. The number of benzene rings is 3. The minimum atomic E-state index is -0.345. The lowest BCUT2D eigenvalue weighted by atomic mass is 10.0. The van der Waals surface area contributed by atoms with Gasteiger partial charge in [-0.05, 0) is 55.0 Å². The second-order valence-electron chi connectivity index (χ2n) is 6.94. The average Bonchev–Trinajstić information content (AvgIpc) is 2.81. The summed E-state index contributed by atoms with van der Waals surface area (Å²) >= 11 is 3.44. The molecule has 4 aromatic rings. The van der Waals surface area contributed by atoms with E-state index in [2.05, 4.69) is 26.5 Å². The zero-order chi connectivity index (χ0) is 22.5. The first kappa shape index (κ1) is 21.5. The molecule has 7 heteroatoms. The van der Waals surface area contributed by atoms with Crippen molar-refractivity contribution in [1.29, 1.82) is 0 Å². The van der Waals surface area contributed by atoms with Crippen molar-refractivity contribution < 1.29 is 14.6 Å². The Morgan fingerprint density at radius 3 is 2.69 bits per heavy atom. The van der Waals surface area contributed by atoms with Crippen LogP contribution in [0.15, 0.2) is 82.4 Å². The molecule has 0 radical (unpaired) electrons. The van der Waals surface area contributed by atoms with Crippen LogP contribution in [-0.2, 0) is 0 Å². The van der Waals surface area contributed by atoms with E-state index in [-0.39, 0.29) is 11.7 Å². The number of hydrogen-bond acceptors (Lipinski definition) is 5. The molecule has 0 aliphatic heterocycles. The molecule has 160 valence electrons. The summed E-state index contributed by atoms with van der Waals surface area (Å²) in [5.41, 5.74) is 6.08. The molecule has 2 N–H and O–H groups in total. The minimum Gasteiger partial charge on any atom is -0.504 e. The summed E-state index contributed by atoms with van der Waals surface area (Å²) in [4.78, 5) is 17.7. The molecule has 3 aromatic carbocycles. The molecule has 4 rings (SSSR count). The number of ether oxygens (including phenoxy) is 1. The number of carbonyl (C=O) groups excluding carboxylic acids is 1. The first-order valence-corrected chi connectivity index (χ1v) is 10.8. The lowest BCUT2D eigenvalue weighted by Gasteiger charge is -2.09. The number of aromatic nitrogens is 1. The van der Waals surface area contributed by atoms with Crippen LogP contribution in [-0.4, -0.2) is 28.8 Å². The minimum absolute atomic E-state index is 0.0526. The van der Waals surface area contributed by atoms with Crippen LogP contribution in [0.4, 0.5) is 0 Å². The van der Waals surface area contributed by atoms with Gasteiger partial charge in [0.1, 0.15) is 0 Å². The number of nitrogens with one attached hydrogen (secondary N) is 1. The molecular weight excluding hydrogens is 470 g/mol. The van der Waals surface area contributed by atoms with Gasteiger partial charge in [-0.1, -0.05) is 46.3 Å². The lowest BCUT2D eigenvalue weighted by Crippen LogP contribution is -2.18. The third-order valence-corrected chi connectivity index (χ3v) is 5.29. The summed E-state index contributed by atoms with van der Waals surface area (Å²) in [6.45, 7) is 2.27. The maximum absolute atomic E-state index is 13.0. The van der Waals surface area contributed by atoms with Crippen LogP contribution in [0, 0.1) is 0 Å². The topological polar surface area (TPSA) is 83.8 Å². The molecule has 0 aliphatic rings. The number of fused-ring (bicyclic) bond motifs is 1. The van der Waals surface area contributed by atoms with Gasteiger partial charge in [-0.15, -0.1) is 0 Å². The van der Waals surface area contributed by atoms with Gasteiger partial charge in [-0.25, -0.2) is 10.4 Å². The second kappa shape index (κ2) is 9.62. The Morgan fingerprint density at radius 1 is 1.12 bits per heavy atom. The number of nitrogens with zero attached hydrogens (tertiary/aromatic N) is 2. The van der Waals surface area contributed by atoms with Crippen LogP contribution >= 0.6 is 15.9 Å². The van der Waals surface area contributed by atoms with Crippen LogP contribution in [0.3, 0.4) is 0 Å². The Hall–Kier alpha value is -3.71. The van der Waals surface area contributed by atoms with E-state index in [1.807, 2.05) is 55.5 Å². The van der Waals surface area contributed by atoms with Crippen molar-refractivity contribution in [3.8, 4) is 22.8 Å². The van der Waals surface area contributed by atoms with E-state index in [4.69, 9.17) is 9.72 Å². The van der Waals surface area contributed by atoms with Crippen molar-refractivity contribution in [2.75, 3.05) is 6.61 Å². The Kier molecular flexibility index (Phi) is 6.47. The van der Waals surface area contributed by atoms with Crippen LogP contribution in [0.1, 0.15) is 22.8 Å². The van der Waals surface area contributed by atoms with Gasteiger partial charge in [0.15, 0.2) is 11.5 Å². The summed E-state index contributed by atoms with van der Waals surface area (Å²) in [6, 6.07) is 21.9. The molecule has 0 bridgehead atoms. The number of halogens is 1. The summed E-state index contributed by atoms with van der Waals surface area (Å²) in [6.07, 6.45) is 1.50. The van der Waals surface area contributed by atoms with Gasteiger partial charge in [-0.3, -0.25) is 4.79 Å². The fraction of sp³-hybridized carbons (Fsp3) is 0.0800. The summed E-state index contributed by atoms with van der Waals surface area (Å²) in [7, 11) is 0. The number of carbonyl (C=O) groups is 1. The number of phenols is 1. The maximum atomic E-state index is 13.0. The molecule has 0 aliphatic carbocycles. The van der Waals surface area contributed by atoms with E-state index in [1.165, 1.54) is 12.3 Å². The Balaban J connectivity index is 1.62. The molecule has 1 heterocycles. The number of pyridine rings is 1. The van der Waals surface area contributed by atoms with Gasteiger partial charge >= 0.3 is 0 Å². The van der Waals surface area contributed by atoms with E-state index in [9.17, 15) is 9.90 Å². The van der Waals surface area contributed by atoms with E-state index in [0.29, 0.717) is 29.2 Å². The molecule has 0 fully saturated rings. The maximum Gasteiger partial charge on any atom is 0.272 e. The highest BCUT2D eigenvalue weighted by Crippen LogP contribution is 2.27. The summed E-state index contributed by atoms with van der Waals surface area (Å²) < 4.78 is 6.34. The zero-order valence-electron chi connectivity index (χ0n) is 17.2. The Labute approximate surface area is 193 Å². The fourth-order valence-electron chi connectivity index (χ4n) is 3.24. The predicted molar refractivity (Wildman–Crippen MR) is 129 cm³/mol. The van der Waals surface area contributed by atoms with E-state index in [1.54, 1.807) is 18.2 Å². The van der Waals surface area contributed by atoms with Crippen LogP contribution in [0.25, 0.3) is 22.2 Å². The molecule has 0 saturated carbocycles. The highest BCUT2D eigenvalue weighted by Gasteiger charge is 2.13. The van der Waals surface area contributed by atoms with Gasteiger partial charge in [-0.2, -0.15) is 5.10 Å². The Bertz CT molecular complexity index is 1300. The standard InChI is InChI=1S/C25H20BrN3O3/c1-2-32-24-13-16(7-12-23(24)30)15-27-29-25(31)20-14-22(17-8-10-18(26)11-9-17)28-21-6-4-3-5-19(20)21/h3-15,30H,2H2,1H3,(H,29,31). The molecule has 6 nitrogen and oxygen atoms in total. The number of rotatable bonds is 6. The van der Waals surface area contributed by atoms with Gasteiger partial charge in [0, 0.05) is 15.4 Å². The number of hydrazone groups is 1. The van der Waals surface area contributed by atoms with Crippen molar-refractivity contribution in [3.05, 3.63) is 88.4 Å². The normalized spacial score (nSPS) is 11.1. The first-order valence-electron chi connectivity index (χ1n) is 10.00. The third-order valence-electron chi connectivity index (χ3n) is 4.76. The average molecular weight is 490 g/mol. The van der Waals surface area contributed by atoms with Crippen LogP contribution < -0.4 is 10.2 Å². The van der Waals surface area contributed by atoms with Gasteiger partial charge in [0.25, 0.3) is 5.91 Å². The van der Waals surface area contributed by atoms with Crippen molar-refractivity contribution in [1.82, 2.24) is 10.4 Å². The van der Waals surface area contributed by atoms with Gasteiger partial charge in [0.2, 0.25) is 0 Å². The molecule has 1 aromatic heterocycles. The van der Waals surface area contributed by atoms with E-state index >= 15 is 0 Å². The van der Waals surface area contributed by atoms with Crippen LogP contribution in [0.2, 0.25) is 0 Å². The molecular formula is C25H20BrN3O3. The van der Waals surface area contributed by atoms with Gasteiger partial charge in [0.05, 0.1) is 29.6 Å². The molecule has 0 unspecified atom stereocenters. The third kappa shape index (κ3) is 4.78. The molecule has 32 heavy (non-hydrogen) atoms. The van der Waals surface area contributed by atoms with Crippen LogP contribution in [0.5, 0.6) is 11.5 Å². The van der Waals surface area contributed by atoms with Crippen molar-refractivity contribution in [3.63, 3.8) is 0 Å². The number of amides is 1. The van der Waals surface area contributed by atoms with E-state index in [0.717, 1.165) is 20.9 Å². The molecule has 0 spiro atoms. The number of hydrogen-bond donors (Lipinski definition) is 2. The first-order chi connectivity index (χ1) is 15.5. The largest absolute Gasteiger partial charge is 0.504 e. The summed E-state index contributed by atoms with van der Waals surface area (Å²) in [5, 5.41) is 14.6. The fourth-order valence-corrected chi connectivity index (χ4v) is 3.50. The Morgan fingerprint density at radius 2 is 1.91 bits per heavy atom.